The van der Waals surface area contributed by atoms with E-state index in [9.17, 15) is 4.79 Å². The minimum absolute atomic E-state index is 0.109. The van der Waals surface area contributed by atoms with E-state index in [0.717, 1.165) is 0 Å². The van der Waals surface area contributed by atoms with Crippen molar-refractivity contribution in [3.63, 3.8) is 0 Å². The molecule has 5 nitrogen and oxygen atoms in total. The van der Waals surface area contributed by atoms with Crippen LogP contribution in [0.15, 0.2) is 0 Å². The molecule has 3 N–H and O–H groups in total. The Morgan fingerprint density at radius 1 is 1.73 bits per heavy atom. The fraction of sp³-hybridized carbons (Fsp3) is 0.833. The van der Waals surface area contributed by atoms with Crippen molar-refractivity contribution in [1.82, 2.24) is 0 Å². The van der Waals surface area contributed by atoms with E-state index in [1.54, 1.807) is 0 Å². The molecule has 0 aliphatic carbocycles. The van der Waals surface area contributed by atoms with Crippen molar-refractivity contribution in [2.75, 3.05) is 6.61 Å². The summed E-state index contributed by atoms with van der Waals surface area (Å²) in [6.45, 7) is -0.519. The summed E-state index contributed by atoms with van der Waals surface area (Å²) in [5.41, 5.74) is 0. The van der Waals surface area contributed by atoms with Gasteiger partial charge in [0.2, 0.25) is 0 Å². The number of rotatable bonds is 2. The lowest BCUT2D eigenvalue weighted by atomic mass is 10.1. The van der Waals surface area contributed by atoms with Crippen molar-refractivity contribution in [1.29, 1.82) is 0 Å². The molecule has 0 spiro atoms. The van der Waals surface area contributed by atoms with Gasteiger partial charge in [-0.1, -0.05) is 0 Å². The smallest absolute Gasteiger partial charge is 0.309 e. The lowest BCUT2D eigenvalue weighted by Crippen LogP contribution is -2.36. The molecule has 0 amide bonds. The van der Waals surface area contributed by atoms with E-state index in [4.69, 9.17) is 15.3 Å². The number of aliphatic hydroxyl groups excluding tert-OH is 3. The van der Waals surface area contributed by atoms with E-state index in [1.807, 2.05) is 0 Å². The minimum Gasteiger partial charge on any atom is -0.457 e. The van der Waals surface area contributed by atoms with Gasteiger partial charge in [-0.2, -0.15) is 0 Å². The number of aliphatic hydroxyl groups is 3. The molecule has 0 saturated carbocycles. The van der Waals surface area contributed by atoms with E-state index in [2.05, 4.69) is 4.74 Å². The molecule has 0 aromatic heterocycles. The number of hydrogen-bond acceptors (Lipinski definition) is 5. The molecule has 0 aromatic carbocycles. The van der Waals surface area contributed by atoms with Crippen LogP contribution >= 0.6 is 0 Å². The summed E-state index contributed by atoms with van der Waals surface area (Å²) >= 11 is 0. The lowest BCUT2D eigenvalue weighted by molar-refractivity contribution is -0.147. The summed E-state index contributed by atoms with van der Waals surface area (Å²) in [5.74, 6) is -0.546. The molecule has 3 unspecified atom stereocenters. The Morgan fingerprint density at radius 3 is 2.73 bits per heavy atom. The van der Waals surface area contributed by atoms with Crippen molar-refractivity contribution in [3.8, 4) is 0 Å². The molecule has 1 fully saturated rings. The Bertz CT molecular complexity index is 157. The SMILES string of the molecule is O=C1CC(O)C(C(O)CO)O1. The molecule has 5 heteroatoms. The molecule has 0 bridgehead atoms. The third-order valence-electron chi connectivity index (χ3n) is 1.59. The van der Waals surface area contributed by atoms with Crippen LogP contribution in [0.2, 0.25) is 0 Å². The largest absolute Gasteiger partial charge is 0.457 e. The summed E-state index contributed by atoms with van der Waals surface area (Å²) < 4.78 is 4.53. The lowest BCUT2D eigenvalue weighted by Gasteiger charge is -2.16. The van der Waals surface area contributed by atoms with Gasteiger partial charge in [-0.25, -0.2) is 0 Å². The first-order chi connectivity index (χ1) is 5.15. The van der Waals surface area contributed by atoms with Crippen molar-refractivity contribution in [3.05, 3.63) is 0 Å². The fourth-order valence-corrected chi connectivity index (χ4v) is 1.00. The van der Waals surface area contributed by atoms with Crippen LogP contribution in [0.3, 0.4) is 0 Å². The van der Waals surface area contributed by atoms with Gasteiger partial charge >= 0.3 is 5.97 Å². The second-order valence-electron chi connectivity index (χ2n) is 2.48. The molecular formula is C6H10O5. The summed E-state index contributed by atoms with van der Waals surface area (Å²) in [5, 5.41) is 26.4. The van der Waals surface area contributed by atoms with Gasteiger partial charge in [-0.05, 0) is 0 Å². The third kappa shape index (κ3) is 1.68. The molecule has 0 aromatic rings. The second kappa shape index (κ2) is 3.17. The maximum absolute atomic E-state index is 10.5. The highest BCUT2D eigenvalue weighted by atomic mass is 16.6. The maximum atomic E-state index is 10.5. The minimum atomic E-state index is -1.18. The van der Waals surface area contributed by atoms with Crippen LogP contribution in [-0.4, -0.2) is 46.2 Å². The third-order valence-corrected chi connectivity index (χ3v) is 1.59. The van der Waals surface area contributed by atoms with Crippen LogP contribution in [0.5, 0.6) is 0 Å². The zero-order valence-electron chi connectivity index (χ0n) is 5.80. The van der Waals surface area contributed by atoms with E-state index in [0.29, 0.717) is 0 Å². The van der Waals surface area contributed by atoms with Gasteiger partial charge in [0.15, 0.2) is 6.10 Å². The molecule has 64 valence electrons. The first-order valence-electron chi connectivity index (χ1n) is 3.31. The van der Waals surface area contributed by atoms with Crippen LogP contribution in [0.1, 0.15) is 6.42 Å². The molecule has 1 aliphatic rings. The summed E-state index contributed by atoms with van der Waals surface area (Å²) in [7, 11) is 0. The van der Waals surface area contributed by atoms with Gasteiger partial charge in [0.25, 0.3) is 0 Å². The van der Waals surface area contributed by atoms with E-state index in [1.165, 1.54) is 0 Å². The summed E-state index contributed by atoms with van der Waals surface area (Å²) in [6.07, 6.45) is -3.25. The normalized spacial score (nSPS) is 33.5. The van der Waals surface area contributed by atoms with Crippen molar-refractivity contribution < 1.29 is 24.9 Å². The predicted octanol–water partition coefficient (Wildman–Crippen LogP) is -1.98. The topological polar surface area (TPSA) is 87.0 Å². The quantitative estimate of drug-likeness (QED) is 0.409. The van der Waals surface area contributed by atoms with Gasteiger partial charge in [0.05, 0.1) is 13.0 Å². The Hall–Kier alpha value is -0.650. The van der Waals surface area contributed by atoms with Crippen molar-refractivity contribution in [2.24, 2.45) is 0 Å². The molecule has 1 saturated heterocycles. The Kier molecular flexibility index (Phi) is 2.43. The zero-order valence-corrected chi connectivity index (χ0v) is 5.80. The summed E-state index contributed by atoms with van der Waals surface area (Å²) in [6, 6.07) is 0. The molecule has 1 heterocycles. The van der Waals surface area contributed by atoms with Crippen LogP contribution in [-0.2, 0) is 9.53 Å². The first kappa shape index (κ1) is 8.45. The molecule has 11 heavy (non-hydrogen) atoms. The molecule has 1 aliphatic heterocycles. The molecule has 3 atom stereocenters. The van der Waals surface area contributed by atoms with Gasteiger partial charge < -0.3 is 20.1 Å². The zero-order chi connectivity index (χ0) is 8.43. The number of carbonyl (C=O) groups is 1. The van der Waals surface area contributed by atoms with Gasteiger partial charge in [-0.15, -0.1) is 0 Å². The average molecular weight is 162 g/mol. The fourth-order valence-electron chi connectivity index (χ4n) is 1.00. The first-order valence-corrected chi connectivity index (χ1v) is 3.31. The standard InChI is InChI=1S/C6H10O5/c7-2-4(9)6-3(8)1-5(10)11-6/h3-4,6-9H,1-2H2. The monoisotopic (exact) mass is 162 g/mol. The van der Waals surface area contributed by atoms with Gasteiger partial charge in [0.1, 0.15) is 12.2 Å². The molecule has 1 rings (SSSR count). The van der Waals surface area contributed by atoms with E-state index < -0.39 is 30.9 Å². The van der Waals surface area contributed by atoms with Gasteiger partial charge in [-0.3, -0.25) is 4.79 Å². The van der Waals surface area contributed by atoms with Crippen LogP contribution in [0, 0.1) is 0 Å². The number of hydrogen-bond donors (Lipinski definition) is 3. The maximum Gasteiger partial charge on any atom is 0.309 e. The van der Waals surface area contributed by atoms with Gasteiger partial charge in [0, 0.05) is 0 Å². The highest BCUT2D eigenvalue weighted by Gasteiger charge is 2.37. The van der Waals surface area contributed by atoms with E-state index in [-0.39, 0.29) is 6.42 Å². The van der Waals surface area contributed by atoms with Crippen LogP contribution in [0.4, 0.5) is 0 Å². The van der Waals surface area contributed by atoms with Crippen LogP contribution in [0.25, 0.3) is 0 Å². The second-order valence-corrected chi connectivity index (χ2v) is 2.48. The molecule has 0 radical (unpaired) electrons. The van der Waals surface area contributed by atoms with E-state index >= 15 is 0 Å². The van der Waals surface area contributed by atoms with Crippen molar-refractivity contribution >= 4 is 5.97 Å². The Labute approximate surface area is 63.2 Å². The highest BCUT2D eigenvalue weighted by Crippen LogP contribution is 2.17. The average Bonchev–Trinajstić information content (AvgIpc) is 2.28. The molecular weight excluding hydrogens is 152 g/mol. The van der Waals surface area contributed by atoms with Crippen LogP contribution < -0.4 is 0 Å². The summed E-state index contributed by atoms with van der Waals surface area (Å²) in [4.78, 5) is 10.5. The Morgan fingerprint density at radius 2 is 2.36 bits per heavy atom. The number of esters is 1. The predicted molar refractivity (Wildman–Crippen MR) is 33.6 cm³/mol. The van der Waals surface area contributed by atoms with Crippen molar-refractivity contribution in [2.45, 2.75) is 24.7 Å². The Balaban J connectivity index is 2.52. The number of ether oxygens (including phenoxy) is 1. The highest BCUT2D eigenvalue weighted by molar-refractivity contribution is 5.72. The number of carbonyl (C=O) groups excluding carboxylic acids is 1. The number of cyclic esters (lactones) is 1.